The number of amides is 1. The molecule has 2 rings (SSSR count). The van der Waals surface area contributed by atoms with Crippen molar-refractivity contribution in [2.75, 3.05) is 5.73 Å². The maximum Gasteiger partial charge on any atom is 0.253 e. The Labute approximate surface area is 121 Å². The molecule has 2 aromatic rings. The highest BCUT2D eigenvalue weighted by Gasteiger charge is 2.10. The lowest BCUT2D eigenvalue weighted by molar-refractivity contribution is 0.0951. The molecule has 0 unspecified atom stereocenters. The minimum Gasteiger partial charge on any atom is -0.399 e. The summed E-state index contributed by atoms with van der Waals surface area (Å²) in [6.45, 7) is 0.392. The standard InChI is InChI=1S/C14H12Cl2N2O/c15-10-4-5-12(13(16)7-10)14(19)18-8-9-2-1-3-11(17)6-9/h1-7H,8,17H2,(H,18,19). The molecule has 0 atom stereocenters. The molecule has 0 fully saturated rings. The number of nitrogen functional groups attached to an aromatic ring is 1. The number of halogens is 2. The van der Waals surface area contributed by atoms with Gasteiger partial charge in [-0.25, -0.2) is 0 Å². The van der Waals surface area contributed by atoms with Crippen LogP contribution in [-0.2, 0) is 6.54 Å². The van der Waals surface area contributed by atoms with E-state index in [-0.39, 0.29) is 5.91 Å². The average molecular weight is 295 g/mol. The molecule has 0 spiro atoms. The van der Waals surface area contributed by atoms with Crippen LogP contribution in [0.25, 0.3) is 0 Å². The van der Waals surface area contributed by atoms with Gasteiger partial charge < -0.3 is 11.1 Å². The van der Waals surface area contributed by atoms with Crippen molar-refractivity contribution < 1.29 is 4.79 Å². The normalized spacial score (nSPS) is 10.2. The number of carbonyl (C=O) groups excluding carboxylic acids is 1. The van der Waals surface area contributed by atoms with Gasteiger partial charge >= 0.3 is 0 Å². The third-order valence-electron chi connectivity index (χ3n) is 2.58. The highest BCUT2D eigenvalue weighted by Crippen LogP contribution is 2.20. The number of nitrogens with one attached hydrogen (secondary N) is 1. The SMILES string of the molecule is Nc1cccc(CNC(=O)c2ccc(Cl)cc2Cl)c1. The van der Waals surface area contributed by atoms with Crippen LogP contribution < -0.4 is 11.1 Å². The van der Waals surface area contributed by atoms with E-state index >= 15 is 0 Å². The summed E-state index contributed by atoms with van der Waals surface area (Å²) in [6, 6.07) is 12.1. The summed E-state index contributed by atoms with van der Waals surface area (Å²) in [4.78, 5) is 12.0. The van der Waals surface area contributed by atoms with Crippen molar-refractivity contribution in [1.29, 1.82) is 0 Å². The first-order chi connectivity index (χ1) is 9.06. The lowest BCUT2D eigenvalue weighted by Gasteiger charge is -2.07. The van der Waals surface area contributed by atoms with E-state index in [1.165, 1.54) is 0 Å². The Hall–Kier alpha value is -1.71. The quantitative estimate of drug-likeness (QED) is 0.851. The second-order valence-corrected chi connectivity index (χ2v) is 4.90. The molecule has 0 bridgehead atoms. The smallest absolute Gasteiger partial charge is 0.253 e. The summed E-state index contributed by atoms with van der Waals surface area (Å²) in [6.07, 6.45) is 0. The molecule has 0 heterocycles. The molecule has 0 aliphatic carbocycles. The molecule has 0 aliphatic rings. The van der Waals surface area contributed by atoms with E-state index < -0.39 is 0 Å². The monoisotopic (exact) mass is 294 g/mol. The molecule has 98 valence electrons. The molecule has 0 radical (unpaired) electrons. The van der Waals surface area contributed by atoms with Crippen LogP contribution in [0.3, 0.4) is 0 Å². The van der Waals surface area contributed by atoms with Crippen molar-refractivity contribution in [3.05, 3.63) is 63.6 Å². The summed E-state index contributed by atoms with van der Waals surface area (Å²) in [7, 11) is 0. The Morgan fingerprint density at radius 2 is 1.95 bits per heavy atom. The van der Waals surface area contributed by atoms with E-state index in [1.54, 1.807) is 24.3 Å². The maximum atomic E-state index is 12.0. The fraction of sp³-hybridized carbons (Fsp3) is 0.0714. The maximum absolute atomic E-state index is 12.0. The Bertz CT molecular complexity index is 614. The van der Waals surface area contributed by atoms with Crippen LogP contribution in [0, 0.1) is 0 Å². The van der Waals surface area contributed by atoms with Gasteiger partial charge in [-0.1, -0.05) is 35.3 Å². The van der Waals surface area contributed by atoms with Gasteiger partial charge in [-0.3, -0.25) is 4.79 Å². The topological polar surface area (TPSA) is 55.1 Å². The first-order valence-corrected chi connectivity index (χ1v) is 6.39. The minimum absolute atomic E-state index is 0.246. The van der Waals surface area contributed by atoms with Crippen LogP contribution in [0.5, 0.6) is 0 Å². The minimum atomic E-state index is -0.246. The van der Waals surface area contributed by atoms with Gasteiger partial charge in [0.25, 0.3) is 5.91 Å². The number of anilines is 1. The Balaban J connectivity index is 2.05. The van der Waals surface area contributed by atoms with Crippen molar-refractivity contribution in [3.8, 4) is 0 Å². The zero-order chi connectivity index (χ0) is 13.8. The predicted octanol–water partition coefficient (Wildman–Crippen LogP) is 3.51. The van der Waals surface area contributed by atoms with E-state index in [0.29, 0.717) is 27.8 Å². The van der Waals surface area contributed by atoms with Crippen LogP contribution in [0.2, 0.25) is 10.0 Å². The second kappa shape index (κ2) is 5.95. The van der Waals surface area contributed by atoms with Crippen LogP contribution in [0.4, 0.5) is 5.69 Å². The third kappa shape index (κ3) is 3.63. The fourth-order valence-corrected chi connectivity index (χ4v) is 2.15. The number of hydrogen-bond acceptors (Lipinski definition) is 2. The second-order valence-electron chi connectivity index (χ2n) is 4.05. The van der Waals surface area contributed by atoms with E-state index in [2.05, 4.69) is 5.32 Å². The van der Waals surface area contributed by atoms with Crippen LogP contribution in [0.1, 0.15) is 15.9 Å². The zero-order valence-electron chi connectivity index (χ0n) is 9.99. The molecular formula is C14H12Cl2N2O. The van der Waals surface area contributed by atoms with E-state index in [0.717, 1.165) is 5.56 Å². The van der Waals surface area contributed by atoms with E-state index in [4.69, 9.17) is 28.9 Å². The lowest BCUT2D eigenvalue weighted by Crippen LogP contribution is -2.23. The molecule has 5 heteroatoms. The van der Waals surface area contributed by atoms with Crippen molar-refractivity contribution >= 4 is 34.8 Å². The van der Waals surface area contributed by atoms with E-state index in [9.17, 15) is 4.79 Å². The molecule has 0 saturated heterocycles. The molecule has 19 heavy (non-hydrogen) atoms. The van der Waals surface area contributed by atoms with Gasteiger partial charge in [-0.15, -0.1) is 0 Å². The highest BCUT2D eigenvalue weighted by molar-refractivity contribution is 6.36. The van der Waals surface area contributed by atoms with Gasteiger partial charge in [0.2, 0.25) is 0 Å². The Morgan fingerprint density at radius 1 is 1.16 bits per heavy atom. The number of carbonyl (C=O) groups is 1. The molecular weight excluding hydrogens is 283 g/mol. The predicted molar refractivity (Wildman–Crippen MR) is 78.5 cm³/mol. The average Bonchev–Trinajstić information content (AvgIpc) is 2.36. The van der Waals surface area contributed by atoms with Gasteiger partial charge in [0.1, 0.15) is 0 Å². The van der Waals surface area contributed by atoms with Crippen molar-refractivity contribution in [2.45, 2.75) is 6.54 Å². The summed E-state index contributed by atoms with van der Waals surface area (Å²) < 4.78 is 0. The number of benzene rings is 2. The van der Waals surface area contributed by atoms with Gasteiger partial charge in [0.05, 0.1) is 10.6 Å². The Kier molecular flexibility index (Phi) is 4.30. The first kappa shape index (κ1) is 13.7. The van der Waals surface area contributed by atoms with E-state index in [1.807, 2.05) is 18.2 Å². The first-order valence-electron chi connectivity index (χ1n) is 5.64. The van der Waals surface area contributed by atoms with Crippen molar-refractivity contribution in [2.24, 2.45) is 0 Å². The highest BCUT2D eigenvalue weighted by atomic mass is 35.5. The van der Waals surface area contributed by atoms with Crippen molar-refractivity contribution in [3.63, 3.8) is 0 Å². The molecule has 0 aromatic heterocycles. The van der Waals surface area contributed by atoms with Gasteiger partial charge in [-0.05, 0) is 35.9 Å². The number of nitrogens with two attached hydrogens (primary N) is 1. The summed E-state index contributed by atoms with van der Waals surface area (Å²) >= 11 is 11.7. The van der Waals surface area contributed by atoms with Gasteiger partial charge in [0, 0.05) is 17.3 Å². The molecule has 1 amide bonds. The van der Waals surface area contributed by atoms with Crippen LogP contribution in [0.15, 0.2) is 42.5 Å². The largest absolute Gasteiger partial charge is 0.399 e. The lowest BCUT2D eigenvalue weighted by atomic mass is 10.2. The molecule has 0 saturated carbocycles. The number of rotatable bonds is 3. The molecule has 3 nitrogen and oxygen atoms in total. The summed E-state index contributed by atoms with van der Waals surface area (Å²) in [5.41, 5.74) is 7.66. The molecule has 3 N–H and O–H groups in total. The fourth-order valence-electron chi connectivity index (χ4n) is 1.65. The zero-order valence-corrected chi connectivity index (χ0v) is 11.5. The van der Waals surface area contributed by atoms with Gasteiger partial charge in [-0.2, -0.15) is 0 Å². The Morgan fingerprint density at radius 3 is 2.63 bits per heavy atom. The summed E-state index contributed by atoms with van der Waals surface area (Å²) in [5.74, 6) is -0.246. The van der Waals surface area contributed by atoms with Gasteiger partial charge in [0.15, 0.2) is 0 Å². The molecule has 0 aliphatic heterocycles. The van der Waals surface area contributed by atoms with Crippen LogP contribution >= 0.6 is 23.2 Å². The molecule has 2 aromatic carbocycles. The third-order valence-corrected chi connectivity index (χ3v) is 3.13. The summed E-state index contributed by atoms with van der Waals surface area (Å²) in [5, 5.41) is 3.61. The van der Waals surface area contributed by atoms with Crippen molar-refractivity contribution in [1.82, 2.24) is 5.32 Å². The number of hydrogen-bond donors (Lipinski definition) is 2. The van der Waals surface area contributed by atoms with Crippen LogP contribution in [-0.4, -0.2) is 5.91 Å².